The first kappa shape index (κ1) is 15.0. The fraction of sp³-hybridized carbons (Fsp3) is 0.400. The zero-order valence-electron chi connectivity index (χ0n) is 12.0. The van der Waals surface area contributed by atoms with Crippen molar-refractivity contribution in [2.75, 3.05) is 13.6 Å². The number of fused-ring (bicyclic) bond motifs is 1. The lowest BCUT2D eigenvalue weighted by atomic mass is 10.1. The van der Waals surface area contributed by atoms with Crippen molar-refractivity contribution in [3.05, 3.63) is 34.7 Å². The van der Waals surface area contributed by atoms with E-state index >= 15 is 0 Å². The molecule has 1 aromatic carbocycles. The molecule has 0 aliphatic heterocycles. The normalized spacial score (nSPS) is 11.2. The number of hydrogen-bond acceptors (Lipinski definition) is 4. The molecule has 1 amide bonds. The number of nitrogens with zero attached hydrogens (tertiary/aromatic N) is 1. The van der Waals surface area contributed by atoms with Crippen molar-refractivity contribution in [2.45, 2.75) is 26.3 Å². The van der Waals surface area contributed by atoms with Crippen LogP contribution in [0.4, 0.5) is 0 Å². The maximum Gasteiger partial charge on any atom is 0.275 e. The topological polar surface area (TPSA) is 58.4 Å². The third-order valence-electron chi connectivity index (χ3n) is 3.36. The first-order valence-corrected chi connectivity index (χ1v) is 7.69. The highest BCUT2D eigenvalue weighted by atomic mass is 32.1. The monoisotopic (exact) mass is 291 g/mol. The maximum absolute atomic E-state index is 12.0. The summed E-state index contributed by atoms with van der Waals surface area (Å²) in [5.74, 6) is 5.10. The van der Waals surface area contributed by atoms with Gasteiger partial charge >= 0.3 is 0 Å². The lowest BCUT2D eigenvalue weighted by Crippen LogP contribution is -2.30. The molecule has 0 fully saturated rings. The van der Waals surface area contributed by atoms with Gasteiger partial charge in [0.05, 0.1) is 4.88 Å². The molecule has 1 heterocycles. The molecule has 0 unspecified atom stereocenters. The third-order valence-corrected chi connectivity index (χ3v) is 4.57. The van der Waals surface area contributed by atoms with E-state index in [4.69, 9.17) is 5.84 Å². The molecule has 20 heavy (non-hydrogen) atoms. The number of carbonyl (C=O) groups excluding carboxylic acids is 1. The summed E-state index contributed by atoms with van der Waals surface area (Å²) in [6.07, 6.45) is 2.34. The van der Waals surface area contributed by atoms with Crippen molar-refractivity contribution in [2.24, 2.45) is 5.84 Å². The maximum atomic E-state index is 12.0. The van der Waals surface area contributed by atoms with Gasteiger partial charge in [-0.1, -0.05) is 31.5 Å². The van der Waals surface area contributed by atoms with E-state index in [0.717, 1.165) is 40.0 Å². The average Bonchev–Trinajstić information content (AvgIpc) is 2.83. The number of benzene rings is 1. The fourth-order valence-electron chi connectivity index (χ4n) is 2.28. The number of rotatable bonds is 6. The van der Waals surface area contributed by atoms with Gasteiger partial charge in [-0.15, -0.1) is 11.3 Å². The highest BCUT2D eigenvalue weighted by molar-refractivity contribution is 7.21. The van der Waals surface area contributed by atoms with Crippen LogP contribution in [-0.2, 0) is 6.54 Å². The van der Waals surface area contributed by atoms with E-state index in [-0.39, 0.29) is 5.91 Å². The number of hydrazine groups is 1. The highest BCUT2D eigenvalue weighted by Crippen LogP contribution is 2.32. The van der Waals surface area contributed by atoms with Crippen molar-refractivity contribution in [3.63, 3.8) is 0 Å². The molecule has 4 nitrogen and oxygen atoms in total. The molecular formula is C15H21N3OS. The number of nitrogens with two attached hydrogens (primary N) is 1. The summed E-state index contributed by atoms with van der Waals surface area (Å²) in [7, 11) is 2.09. The predicted molar refractivity (Wildman–Crippen MR) is 84.7 cm³/mol. The minimum Gasteiger partial charge on any atom is -0.302 e. The van der Waals surface area contributed by atoms with Crippen LogP contribution in [0.2, 0.25) is 0 Å². The Labute approximate surface area is 123 Å². The number of nitrogens with one attached hydrogen (secondary N) is 1. The number of carbonyl (C=O) groups is 1. The number of hydrogen-bond donors (Lipinski definition) is 2. The highest BCUT2D eigenvalue weighted by Gasteiger charge is 2.18. The molecule has 0 saturated heterocycles. The van der Waals surface area contributed by atoms with Crippen molar-refractivity contribution < 1.29 is 4.79 Å². The zero-order chi connectivity index (χ0) is 14.5. The van der Waals surface area contributed by atoms with Gasteiger partial charge in [-0.25, -0.2) is 5.84 Å². The number of amides is 1. The second-order valence-electron chi connectivity index (χ2n) is 4.97. The van der Waals surface area contributed by atoms with Crippen molar-refractivity contribution in [1.82, 2.24) is 10.3 Å². The van der Waals surface area contributed by atoms with Gasteiger partial charge in [-0.2, -0.15) is 0 Å². The zero-order valence-corrected chi connectivity index (χ0v) is 12.8. The molecule has 108 valence electrons. The van der Waals surface area contributed by atoms with Crippen LogP contribution in [0, 0.1) is 0 Å². The largest absolute Gasteiger partial charge is 0.302 e. The van der Waals surface area contributed by atoms with Crippen LogP contribution in [0.3, 0.4) is 0 Å². The number of unbranched alkanes of at least 4 members (excludes halogenated alkanes) is 1. The lowest BCUT2D eigenvalue weighted by molar-refractivity contribution is 0.0956. The van der Waals surface area contributed by atoms with Gasteiger partial charge in [-0.05, 0) is 37.0 Å². The van der Waals surface area contributed by atoms with Gasteiger partial charge in [0.15, 0.2) is 0 Å². The van der Waals surface area contributed by atoms with Gasteiger partial charge < -0.3 is 4.90 Å². The second-order valence-corrected chi connectivity index (χ2v) is 6.02. The van der Waals surface area contributed by atoms with Crippen LogP contribution < -0.4 is 11.3 Å². The Morgan fingerprint density at radius 3 is 2.85 bits per heavy atom. The Balaban J connectivity index is 2.35. The molecule has 0 bridgehead atoms. The molecule has 0 atom stereocenters. The molecule has 0 aliphatic rings. The van der Waals surface area contributed by atoms with Gasteiger partial charge in [0.25, 0.3) is 5.91 Å². The van der Waals surface area contributed by atoms with Gasteiger partial charge in [0.2, 0.25) is 0 Å². The molecule has 0 radical (unpaired) electrons. The van der Waals surface area contributed by atoms with Crippen LogP contribution >= 0.6 is 11.3 Å². The van der Waals surface area contributed by atoms with Crippen LogP contribution in [0.1, 0.15) is 35.0 Å². The molecule has 3 N–H and O–H groups in total. The van der Waals surface area contributed by atoms with E-state index in [1.54, 1.807) is 0 Å². The Kier molecular flexibility index (Phi) is 5.11. The Morgan fingerprint density at radius 1 is 1.40 bits per heavy atom. The summed E-state index contributed by atoms with van der Waals surface area (Å²) in [6, 6.07) is 8.12. The van der Waals surface area contributed by atoms with E-state index in [9.17, 15) is 4.79 Å². The average molecular weight is 291 g/mol. The van der Waals surface area contributed by atoms with E-state index in [1.165, 1.54) is 17.8 Å². The van der Waals surface area contributed by atoms with Gasteiger partial charge in [-0.3, -0.25) is 10.2 Å². The van der Waals surface area contributed by atoms with Crippen LogP contribution in [-0.4, -0.2) is 24.4 Å². The van der Waals surface area contributed by atoms with Crippen LogP contribution in [0.15, 0.2) is 24.3 Å². The second kappa shape index (κ2) is 6.83. The summed E-state index contributed by atoms with van der Waals surface area (Å²) in [4.78, 5) is 14.9. The summed E-state index contributed by atoms with van der Waals surface area (Å²) in [5, 5.41) is 1.15. The fourth-order valence-corrected chi connectivity index (χ4v) is 3.40. The van der Waals surface area contributed by atoms with E-state index in [1.807, 2.05) is 18.2 Å². The molecular weight excluding hydrogens is 270 g/mol. The Morgan fingerprint density at radius 2 is 2.15 bits per heavy atom. The molecule has 2 rings (SSSR count). The van der Waals surface area contributed by atoms with Gasteiger partial charge in [0, 0.05) is 11.2 Å². The van der Waals surface area contributed by atoms with Crippen LogP contribution in [0.25, 0.3) is 10.1 Å². The van der Waals surface area contributed by atoms with Crippen molar-refractivity contribution in [3.8, 4) is 0 Å². The summed E-state index contributed by atoms with van der Waals surface area (Å²) in [6.45, 7) is 3.98. The Bertz CT molecular complexity index is 594. The Hall–Kier alpha value is -1.43. The van der Waals surface area contributed by atoms with E-state index in [2.05, 4.69) is 30.4 Å². The molecule has 1 aromatic heterocycles. The summed E-state index contributed by atoms with van der Waals surface area (Å²) >= 11 is 1.50. The van der Waals surface area contributed by atoms with Crippen molar-refractivity contribution in [1.29, 1.82) is 0 Å². The smallest absolute Gasteiger partial charge is 0.275 e. The molecule has 0 saturated carbocycles. The third kappa shape index (κ3) is 3.17. The first-order chi connectivity index (χ1) is 9.67. The first-order valence-electron chi connectivity index (χ1n) is 6.87. The molecule has 5 heteroatoms. The standard InChI is InChI=1S/C15H21N3OS/c1-3-4-9-18(2)10-12-11-7-5-6-8-13(11)20-14(12)15(19)17-16/h5-8H,3-4,9-10,16H2,1-2H3,(H,17,19). The number of thiophene rings is 1. The molecule has 0 aliphatic carbocycles. The predicted octanol–water partition coefficient (Wildman–Crippen LogP) is 2.74. The lowest BCUT2D eigenvalue weighted by Gasteiger charge is -2.16. The molecule has 2 aromatic rings. The molecule has 0 spiro atoms. The summed E-state index contributed by atoms with van der Waals surface area (Å²) < 4.78 is 1.13. The summed E-state index contributed by atoms with van der Waals surface area (Å²) in [5.41, 5.74) is 3.33. The quantitative estimate of drug-likeness (QED) is 0.489. The van der Waals surface area contributed by atoms with Crippen LogP contribution in [0.5, 0.6) is 0 Å². The SMILES string of the molecule is CCCCN(C)Cc1c(C(=O)NN)sc2ccccc12. The number of nitrogen functional groups attached to an aromatic ring is 1. The van der Waals surface area contributed by atoms with Gasteiger partial charge in [0.1, 0.15) is 0 Å². The minimum absolute atomic E-state index is 0.204. The van der Waals surface area contributed by atoms with E-state index < -0.39 is 0 Å². The minimum atomic E-state index is -0.204. The van der Waals surface area contributed by atoms with Crippen molar-refractivity contribution >= 4 is 27.3 Å². The van der Waals surface area contributed by atoms with E-state index in [0.29, 0.717) is 0 Å².